The molecule has 2 unspecified atom stereocenters. The van der Waals surface area contributed by atoms with Crippen molar-refractivity contribution < 1.29 is 0 Å². The number of rotatable bonds is 5. The van der Waals surface area contributed by atoms with Crippen molar-refractivity contribution in [3.63, 3.8) is 0 Å². The molecular weight excluding hydrogens is 204 g/mol. The lowest BCUT2D eigenvalue weighted by molar-refractivity contribution is 0.383. The Morgan fingerprint density at radius 1 is 1.33 bits per heavy atom. The van der Waals surface area contributed by atoms with Gasteiger partial charge in [0, 0.05) is 10.9 Å². The number of benzene rings is 1. The fraction of sp³-hybridized carbons (Fsp3) is 0.500. The molecule has 0 aromatic heterocycles. The Morgan fingerprint density at radius 2 is 1.93 bits per heavy atom. The summed E-state index contributed by atoms with van der Waals surface area (Å²) in [4.78, 5) is 1.29. The molecular formula is C12H20N2S. The first-order valence-corrected chi connectivity index (χ1v) is 6.55. The van der Waals surface area contributed by atoms with E-state index in [9.17, 15) is 0 Å². The van der Waals surface area contributed by atoms with Crippen molar-refractivity contribution in [2.45, 2.75) is 31.2 Å². The zero-order valence-corrected chi connectivity index (χ0v) is 10.5. The minimum Gasteiger partial charge on any atom is -0.271 e. The molecule has 84 valence electrons. The average molecular weight is 224 g/mol. The highest BCUT2D eigenvalue weighted by Crippen LogP contribution is 2.25. The summed E-state index contributed by atoms with van der Waals surface area (Å²) in [5.41, 5.74) is 4.17. The Bertz CT molecular complexity index is 284. The molecule has 3 N–H and O–H groups in total. The van der Waals surface area contributed by atoms with E-state index in [-0.39, 0.29) is 6.04 Å². The van der Waals surface area contributed by atoms with Gasteiger partial charge in [-0.3, -0.25) is 11.3 Å². The van der Waals surface area contributed by atoms with Gasteiger partial charge in [-0.15, -0.1) is 11.8 Å². The molecule has 2 atom stereocenters. The lowest BCUT2D eigenvalue weighted by atomic mass is 9.93. The number of nitrogens with two attached hydrogens (primary N) is 1. The summed E-state index contributed by atoms with van der Waals surface area (Å²) < 4.78 is 0. The topological polar surface area (TPSA) is 38.0 Å². The summed E-state index contributed by atoms with van der Waals surface area (Å²) in [6.45, 7) is 4.40. The zero-order chi connectivity index (χ0) is 11.3. The van der Waals surface area contributed by atoms with Crippen LogP contribution in [0.5, 0.6) is 0 Å². The summed E-state index contributed by atoms with van der Waals surface area (Å²) in [5, 5.41) is 0. The van der Waals surface area contributed by atoms with Crippen LogP contribution in [-0.2, 0) is 0 Å². The SMILES string of the molecule is CCC(C)C(NN)c1ccc(SC)cc1. The summed E-state index contributed by atoms with van der Waals surface area (Å²) in [7, 11) is 0. The molecule has 0 spiro atoms. The van der Waals surface area contributed by atoms with Crippen molar-refractivity contribution in [2.24, 2.45) is 11.8 Å². The van der Waals surface area contributed by atoms with Gasteiger partial charge in [-0.05, 0) is 29.9 Å². The van der Waals surface area contributed by atoms with Gasteiger partial charge in [0.05, 0.1) is 0 Å². The van der Waals surface area contributed by atoms with Crippen LogP contribution in [0, 0.1) is 5.92 Å². The van der Waals surface area contributed by atoms with Crippen LogP contribution in [0.25, 0.3) is 0 Å². The molecule has 1 aromatic carbocycles. The summed E-state index contributed by atoms with van der Waals surface area (Å²) in [6.07, 6.45) is 3.21. The van der Waals surface area contributed by atoms with Gasteiger partial charge in [0.15, 0.2) is 0 Å². The largest absolute Gasteiger partial charge is 0.271 e. The lowest BCUT2D eigenvalue weighted by Crippen LogP contribution is -2.32. The number of hydrogen-bond donors (Lipinski definition) is 2. The Kier molecular flexibility index (Phi) is 5.15. The number of hydrazine groups is 1. The van der Waals surface area contributed by atoms with Crippen LogP contribution in [0.1, 0.15) is 31.9 Å². The average Bonchev–Trinajstić information content (AvgIpc) is 2.30. The van der Waals surface area contributed by atoms with E-state index in [1.54, 1.807) is 11.8 Å². The second-order valence-electron chi connectivity index (χ2n) is 3.80. The highest BCUT2D eigenvalue weighted by Gasteiger charge is 2.15. The number of nitrogens with one attached hydrogen (secondary N) is 1. The second kappa shape index (κ2) is 6.16. The fourth-order valence-corrected chi connectivity index (χ4v) is 2.04. The van der Waals surface area contributed by atoms with Gasteiger partial charge in [0.1, 0.15) is 0 Å². The maximum atomic E-state index is 5.60. The lowest BCUT2D eigenvalue weighted by Gasteiger charge is -2.22. The van der Waals surface area contributed by atoms with Crippen LogP contribution in [0.4, 0.5) is 0 Å². The maximum Gasteiger partial charge on any atom is 0.0485 e. The Balaban J connectivity index is 2.83. The quantitative estimate of drug-likeness (QED) is 0.459. The summed E-state index contributed by atoms with van der Waals surface area (Å²) >= 11 is 1.76. The number of hydrogen-bond acceptors (Lipinski definition) is 3. The van der Waals surface area contributed by atoms with Crippen LogP contribution in [-0.4, -0.2) is 6.26 Å². The predicted octanol–water partition coefficient (Wildman–Crippen LogP) is 2.96. The van der Waals surface area contributed by atoms with Crippen LogP contribution >= 0.6 is 11.8 Å². The van der Waals surface area contributed by atoms with Crippen LogP contribution in [0.3, 0.4) is 0 Å². The molecule has 1 rings (SSSR count). The zero-order valence-electron chi connectivity index (χ0n) is 9.66. The van der Waals surface area contributed by atoms with E-state index in [1.165, 1.54) is 10.5 Å². The molecule has 1 aromatic rings. The molecule has 0 saturated heterocycles. The van der Waals surface area contributed by atoms with Gasteiger partial charge < -0.3 is 0 Å². The molecule has 3 heteroatoms. The molecule has 0 aliphatic heterocycles. The molecule has 0 fully saturated rings. The number of thioether (sulfide) groups is 1. The van der Waals surface area contributed by atoms with Crippen LogP contribution < -0.4 is 11.3 Å². The van der Waals surface area contributed by atoms with Crippen LogP contribution in [0.15, 0.2) is 29.2 Å². The van der Waals surface area contributed by atoms with E-state index >= 15 is 0 Å². The van der Waals surface area contributed by atoms with Crippen molar-refractivity contribution in [2.75, 3.05) is 6.26 Å². The van der Waals surface area contributed by atoms with Crippen molar-refractivity contribution in [1.82, 2.24) is 5.43 Å². The molecule has 2 nitrogen and oxygen atoms in total. The normalized spacial score (nSPS) is 14.9. The molecule has 0 amide bonds. The molecule has 0 heterocycles. The van der Waals surface area contributed by atoms with E-state index in [0.717, 1.165) is 6.42 Å². The van der Waals surface area contributed by atoms with E-state index in [0.29, 0.717) is 5.92 Å². The minimum atomic E-state index is 0.255. The molecule has 0 bridgehead atoms. The van der Waals surface area contributed by atoms with Crippen molar-refractivity contribution in [3.05, 3.63) is 29.8 Å². The second-order valence-corrected chi connectivity index (χ2v) is 4.68. The van der Waals surface area contributed by atoms with Gasteiger partial charge in [-0.1, -0.05) is 32.4 Å². The molecule has 0 saturated carbocycles. The van der Waals surface area contributed by atoms with Gasteiger partial charge >= 0.3 is 0 Å². The third-order valence-electron chi connectivity index (χ3n) is 2.87. The Morgan fingerprint density at radius 3 is 2.33 bits per heavy atom. The van der Waals surface area contributed by atoms with E-state index in [2.05, 4.69) is 49.8 Å². The molecule has 0 aliphatic rings. The van der Waals surface area contributed by atoms with E-state index < -0.39 is 0 Å². The first kappa shape index (κ1) is 12.6. The summed E-state index contributed by atoms with van der Waals surface area (Å²) in [5.74, 6) is 6.15. The van der Waals surface area contributed by atoms with Gasteiger partial charge in [0.2, 0.25) is 0 Å². The van der Waals surface area contributed by atoms with Crippen LogP contribution in [0.2, 0.25) is 0 Å². The van der Waals surface area contributed by atoms with Gasteiger partial charge in [0.25, 0.3) is 0 Å². The summed E-state index contributed by atoms with van der Waals surface area (Å²) in [6, 6.07) is 8.86. The fourth-order valence-electron chi connectivity index (χ4n) is 1.64. The third kappa shape index (κ3) is 3.23. The van der Waals surface area contributed by atoms with Crippen molar-refractivity contribution in [3.8, 4) is 0 Å². The highest BCUT2D eigenvalue weighted by atomic mass is 32.2. The molecule has 15 heavy (non-hydrogen) atoms. The maximum absolute atomic E-state index is 5.60. The van der Waals surface area contributed by atoms with E-state index in [1.807, 2.05) is 0 Å². The van der Waals surface area contributed by atoms with E-state index in [4.69, 9.17) is 5.84 Å². The highest BCUT2D eigenvalue weighted by molar-refractivity contribution is 7.98. The minimum absolute atomic E-state index is 0.255. The first-order valence-electron chi connectivity index (χ1n) is 5.33. The Hall–Kier alpha value is -0.510. The molecule has 0 aliphatic carbocycles. The van der Waals surface area contributed by atoms with Gasteiger partial charge in [-0.2, -0.15) is 0 Å². The molecule has 0 radical (unpaired) electrons. The van der Waals surface area contributed by atoms with Crippen molar-refractivity contribution >= 4 is 11.8 Å². The smallest absolute Gasteiger partial charge is 0.0485 e. The predicted molar refractivity (Wildman–Crippen MR) is 67.7 cm³/mol. The third-order valence-corrected chi connectivity index (χ3v) is 3.61. The van der Waals surface area contributed by atoms with Crippen molar-refractivity contribution in [1.29, 1.82) is 0 Å². The van der Waals surface area contributed by atoms with Gasteiger partial charge in [-0.25, -0.2) is 0 Å². The standard InChI is InChI=1S/C12H20N2S/c1-4-9(2)12(14-13)10-5-7-11(15-3)8-6-10/h5-9,12,14H,4,13H2,1-3H3. The Labute approximate surface area is 96.6 Å². The monoisotopic (exact) mass is 224 g/mol. The first-order chi connectivity index (χ1) is 7.22.